The summed E-state index contributed by atoms with van der Waals surface area (Å²) in [5.41, 5.74) is 6.10. The number of unbranched alkanes of at least 4 members (excludes halogenated alkanes) is 1. The normalized spacial score (nSPS) is 10.5. The predicted octanol–water partition coefficient (Wildman–Crippen LogP) is 6.70. The molecule has 0 amide bonds. The molecule has 0 aromatic heterocycles. The molecule has 0 fully saturated rings. The highest BCUT2D eigenvalue weighted by atomic mass is 15.1. The Morgan fingerprint density at radius 3 is 2.60 bits per heavy atom. The van der Waals surface area contributed by atoms with E-state index < -0.39 is 0 Å². The number of aryl methyl sites for hydroxylation is 3. The monoisotopic (exact) mass is 394 g/mol. The van der Waals surface area contributed by atoms with Crippen LogP contribution in [0.1, 0.15) is 35.1 Å². The zero-order valence-corrected chi connectivity index (χ0v) is 17.9. The number of nitrogens with zero attached hydrogens (tertiary/aromatic N) is 2. The number of hydrogen-bond acceptors (Lipinski definition) is 2. The summed E-state index contributed by atoms with van der Waals surface area (Å²) >= 11 is 0. The minimum absolute atomic E-state index is 0.354. The Hall–Kier alpha value is -3.31. The molecule has 3 aromatic carbocycles. The smallest absolute Gasteiger partial charge is 0.105 e. The molecule has 0 radical (unpaired) electrons. The van der Waals surface area contributed by atoms with Crippen LogP contribution >= 0.6 is 0 Å². The van der Waals surface area contributed by atoms with Crippen LogP contribution in [0.3, 0.4) is 0 Å². The largest absolute Gasteiger partial charge is 0.358 e. The lowest BCUT2D eigenvalue weighted by Crippen LogP contribution is -2.24. The van der Waals surface area contributed by atoms with Crippen molar-refractivity contribution in [3.8, 4) is 6.07 Å². The van der Waals surface area contributed by atoms with E-state index in [1.807, 2.05) is 6.08 Å². The Morgan fingerprint density at radius 2 is 1.80 bits per heavy atom. The van der Waals surface area contributed by atoms with Crippen molar-refractivity contribution in [2.75, 3.05) is 13.1 Å². The second-order valence-electron chi connectivity index (χ2n) is 7.70. The van der Waals surface area contributed by atoms with Crippen LogP contribution in [0.15, 0.2) is 79.9 Å². The second-order valence-corrected chi connectivity index (χ2v) is 7.70. The Labute approximate surface area is 180 Å². The molecule has 0 spiro atoms. The van der Waals surface area contributed by atoms with E-state index in [2.05, 4.69) is 91.7 Å². The summed E-state index contributed by atoms with van der Waals surface area (Å²) in [5, 5.41) is 11.9. The maximum Gasteiger partial charge on any atom is 0.105 e. The number of rotatable bonds is 10. The summed E-state index contributed by atoms with van der Waals surface area (Å²) in [6, 6.07) is 23.8. The summed E-state index contributed by atoms with van der Waals surface area (Å²) in [4.78, 5) is 2.09. The maximum atomic E-state index is 9.29. The number of fused-ring (bicyclic) bond motifs is 1. The topological polar surface area (TPSA) is 27.0 Å². The standard InChI is InChI=1S/C28H30N2/c1-4-5-10-20-30(21-19-29)23(3)27-13-8-6-11-24(27)17-18-26-22(2)15-16-25-12-7-9-14-28(25)26/h4,6-9,11-16H,1,3,5,10,17-18,20-21H2,2H3. The third-order valence-electron chi connectivity index (χ3n) is 5.73. The van der Waals surface area contributed by atoms with Gasteiger partial charge < -0.3 is 4.90 Å². The molecule has 152 valence electrons. The van der Waals surface area contributed by atoms with E-state index in [1.54, 1.807) is 0 Å². The van der Waals surface area contributed by atoms with Gasteiger partial charge in [-0.05, 0) is 60.1 Å². The van der Waals surface area contributed by atoms with Gasteiger partial charge in [-0.3, -0.25) is 0 Å². The van der Waals surface area contributed by atoms with Gasteiger partial charge in [-0.1, -0.05) is 73.3 Å². The van der Waals surface area contributed by atoms with Gasteiger partial charge in [0.15, 0.2) is 0 Å². The first kappa shape index (κ1) is 21.4. The van der Waals surface area contributed by atoms with Crippen molar-refractivity contribution in [3.63, 3.8) is 0 Å². The van der Waals surface area contributed by atoms with E-state index in [0.717, 1.165) is 43.5 Å². The van der Waals surface area contributed by atoms with Gasteiger partial charge in [0.2, 0.25) is 0 Å². The van der Waals surface area contributed by atoms with Crippen molar-refractivity contribution in [1.82, 2.24) is 4.90 Å². The lowest BCUT2D eigenvalue weighted by Gasteiger charge is -2.25. The average molecular weight is 395 g/mol. The van der Waals surface area contributed by atoms with Crippen molar-refractivity contribution in [1.29, 1.82) is 5.26 Å². The highest BCUT2D eigenvalue weighted by molar-refractivity contribution is 5.86. The third-order valence-corrected chi connectivity index (χ3v) is 5.73. The van der Waals surface area contributed by atoms with Crippen LogP contribution in [0.5, 0.6) is 0 Å². The van der Waals surface area contributed by atoms with Gasteiger partial charge in [0.25, 0.3) is 0 Å². The first-order chi connectivity index (χ1) is 14.7. The van der Waals surface area contributed by atoms with E-state index >= 15 is 0 Å². The molecule has 3 aromatic rings. The molecular formula is C28H30N2. The molecule has 2 heteroatoms. The van der Waals surface area contributed by atoms with E-state index in [9.17, 15) is 5.26 Å². The van der Waals surface area contributed by atoms with Crippen molar-refractivity contribution >= 4 is 16.5 Å². The van der Waals surface area contributed by atoms with Gasteiger partial charge in [-0.25, -0.2) is 0 Å². The molecule has 0 saturated carbocycles. The second kappa shape index (κ2) is 10.5. The number of allylic oxidation sites excluding steroid dienone is 1. The average Bonchev–Trinajstić information content (AvgIpc) is 2.78. The summed E-state index contributed by atoms with van der Waals surface area (Å²) in [6.45, 7) is 11.5. The molecular weight excluding hydrogens is 364 g/mol. The van der Waals surface area contributed by atoms with Crippen molar-refractivity contribution in [2.24, 2.45) is 0 Å². The summed E-state index contributed by atoms with van der Waals surface area (Å²) in [7, 11) is 0. The molecule has 0 aliphatic rings. The molecule has 2 nitrogen and oxygen atoms in total. The Kier molecular flexibility index (Phi) is 7.46. The first-order valence-electron chi connectivity index (χ1n) is 10.6. The Morgan fingerprint density at radius 1 is 1.03 bits per heavy atom. The van der Waals surface area contributed by atoms with Crippen molar-refractivity contribution in [3.05, 3.63) is 102 Å². The zero-order chi connectivity index (χ0) is 21.3. The van der Waals surface area contributed by atoms with Crippen LogP contribution in [0.4, 0.5) is 0 Å². The van der Waals surface area contributed by atoms with Crippen LogP contribution in [-0.4, -0.2) is 18.0 Å². The third kappa shape index (κ3) is 4.99. The van der Waals surface area contributed by atoms with Crippen LogP contribution in [0.25, 0.3) is 16.5 Å². The molecule has 0 heterocycles. The summed E-state index contributed by atoms with van der Waals surface area (Å²) in [5.74, 6) is 0. The first-order valence-corrected chi connectivity index (χ1v) is 10.6. The predicted molar refractivity (Wildman–Crippen MR) is 128 cm³/mol. The van der Waals surface area contributed by atoms with Crippen molar-refractivity contribution in [2.45, 2.75) is 32.6 Å². The van der Waals surface area contributed by atoms with Gasteiger partial charge in [0, 0.05) is 17.8 Å². The number of nitriles is 1. The van der Waals surface area contributed by atoms with Crippen LogP contribution in [0.2, 0.25) is 0 Å². The van der Waals surface area contributed by atoms with Gasteiger partial charge in [0.1, 0.15) is 6.54 Å². The molecule has 0 aliphatic carbocycles. The molecule has 0 aliphatic heterocycles. The summed E-state index contributed by atoms with van der Waals surface area (Å²) < 4.78 is 0. The molecule has 0 bridgehead atoms. The van der Waals surface area contributed by atoms with Gasteiger partial charge in [-0.15, -0.1) is 6.58 Å². The van der Waals surface area contributed by atoms with E-state index in [4.69, 9.17) is 0 Å². The van der Waals surface area contributed by atoms with Crippen LogP contribution < -0.4 is 0 Å². The van der Waals surface area contributed by atoms with Gasteiger partial charge >= 0.3 is 0 Å². The Balaban J connectivity index is 1.84. The lowest BCUT2D eigenvalue weighted by atomic mass is 9.92. The van der Waals surface area contributed by atoms with E-state index in [-0.39, 0.29) is 0 Å². The minimum atomic E-state index is 0.354. The summed E-state index contributed by atoms with van der Waals surface area (Å²) in [6.07, 6.45) is 5.76. The lowest BCUT2D eigenvalue weighted by molar-refractivity contribution is 0.434. The van der Waals surface area contributed by atoms with Gasteiger partial charge in [0.05, 0.1) is 6.07 Å². The molecule has 0 saturated heterocycles. The highest BCUT2D eigenvalue weighted by Gasteiger charge is 2.13. The zero-order valence-electron chi connectivity index (χ0n) is 17.9. The quantitative estimate of drug-likeness (QED) is 0.217. The minimum Gasteiger partial charge on any atom is -0.358 e. The van der Waals surface area contributed by atoms with E-state index in [0.29, 0.717) is 6.54 Å². The fraction of sp³-hybridized carbons (Fsp3) is 0.250. The van der Waals surface area contributed by atoms with Crippen molar-refractivity contribution < 1.29 is 0 Å². The molecule has 0 N–H and O–H groups in total. The maximum absolute atomic E-state index is 9.29. The fourth-order valence-corrected chi connectivity index (χ4v) is 4.05. The molecule has 30 heavy (non-hydrogen) atoms. The molecule has 3 rings (SSSR count). The fourth-order valence-electron chi connectivity index (χ4n) is 4.05. The van der Waals surface area contributed by atoms with E-state index in [1.165, 1.54) is 27.5 Å². The SMILES string of the molecule is C=CCCCN(CC#N)C(=C)c1ccccc1CCc1c(C)ccc2ccccc12. The Bertz CT molecular complexity index is 1070. The van der Waals surface area contributed by atoms with Crippen LogP contribution in [0, 0.1) is 18.3 Å². The highest BCUT2D eigenvalue weighted by Crippen LogP contribution is 2.27. The number of hydrogen-bond donors (Lipinski definition) is 0. The number of benzene rings is 3. The van der Waals surface area contributed by atoms with Crippen LogP contribution in [-0.2, 0) is 12.8 Å². The van der Waals surface area contributed by atoms with Gasteiger partial charge in [-0.2, -0.15) is 5.26 Å². The molecule has 0 unspecified atom stereocenters. The molecule has 0 atom stereocenters.